The van der Waals surface area contributed by atoms with E-state index in [9.17, 15) is 0 Å². The number of rotatable bonds is 4. The van der Waals surface area contributed by atoms with Crippen LogP contribution in [0.1, 0.15) is 13.8 Å². The molecule has 0 spiro atoms. The van der Waals surface area contributed by atoms with Crippen LogP contribution in [0.3, 0.4) is 0 Å². The quantitative estimate of drug-likeness (QED) is 0.618. The van der Waals surface area contributed by atoms with Gasteiger partial charge in [-0.1, -0.05) is 13.8 Å². The summed E-state index contributed by atoms with van der Waals surface area (Å²) in [5.74, 6) is 0. The smallest absolute Gasteiger partial charge is 0.0558 e. The Morgan fingerprint density at radius 2 is 1.67 bits per heavy atom. The van der Waals surface area contributed by atoms with Crippen molar-refractivity contribution in [2.45, 2.75) is 13.8 Å². The van der Waals surface area contributed by atoms with E-state index in [1.807, 2.05) is 0 Å². The van der Waals surface area contributed by atoms with Gasteiger partial charge in [0.2, 0.25) is 0 Å². The zero-order valence-corrected chi connectivity index (χ0v) is 7.18. The number of nitrogens with zero attached hydrogens (tertiary/aromatic N) is 1. The molecule has 2 nitrogen and oxygen atoms in total. The zero-order valence-electron chi connectivity index (χ0n) is 6.08. The van der Waals surface area contributed by atoms with E-state index in [4.69, 9.17) is 5.11 Å². The summed E-state index contributed by atoms with van der Waals surface area (Å²) in [4.78, 5) is 2.18. The SMILES string of the molecule is CCN(CC)CCO.[Fe]. The van der Waals surface area contributed by atoms with E-state index in [1.165, 1.54) is 0 Å². The van der Waals surface area contributed by atoms with Crippen LogP contribution in [-0.4, -0.2) is 36.2 Å². The Hall–Kier alpha value is 0.439. The van der Waals surface area contributed by atoms with Crippen LogP contribution in [-0.2, 0) is 17.1 Å². The van der Waals surface area contributed by atoms with Crippen molar-refractivity contribution in [3.63, 3.8) is 0 Å². The molecule has 0 saturated heterocycles. The van der Waals surface area contributed by atoms with E-state index < -0.39 is 0 Å². The molecule has 3 heteroatoms. The number of aliphatic hydroxyl groups is 1. The third-order valence-electron chi connectivity index (χ3n) is 1.31. The molecule has 0 aliphatic heterocycles. The fourth-order valence-corrected chi connectivity index (χ4v) is 0.681. The minimum Gasteiger partial charge on any atom is -0.395 e. The second-order valence-electron chi connectivity index (χ2n) is 1.75. The van der Waals surface area contributed by atoms with Gasteiger partial charge in [-0.05, 0) is 13.1 Å². The minimum absolute atomic E-state index is 0. The molecule has 0 fully saturated rings. The summed E-state index contributed by atoms with van der Waals surface area (Å²) in [7, 11) is 0. The molecule has 0 aliphatic rings. The second-order valence-corrected chi connectivity index (χ2v) is 1.75. The fraction of sp³-hybridized carbons (Fsp3) is 1.00. The molecule has 0 unspecified atom stereocenters. The van der Waals surface area contributed by atoms with E-state index in [0.29, 0.717) is 0 Å². The topological polar surface area (TPSA) is 23.5 Å². The van der Waals surface area contributed by atoms with Gasteiger partial charge in [-0.2, -0.15) is 0 Å². The van der Waals surface area contributed by atoms with Crippen LogP contribution in [0.25, 0.3) is 0 Å². The maximum absolute atomic E-state index is 8.46. The molecule has 9 heavy (non-hydrogen) atoms. The van der Waals surface area contributed by atoms with E-state index in [2.05, 4.69) is 18.7 Å². The Labute approximate surface area is 67.7 Å². The van der Waals surface area contributed by atoms with Crippen molar-refractivity contribution < 1.29 is 22.2 Å². The van der Waals surface area contributed by atoms with Crippen molar-refractivity contribution in [2.75, 3.05) is 26.2 Å². The molecule has 0 aromatic heterocycles. The Balaban J connectivity index is 0. The predicted molar refractivity (Wildman–Crippen MR) is 34.9 cm³/mol. The van der Waals surface area contributed by atoms with Crippen molar-refractivity contribution in [3.8, 4) is 0 Å². The monoisotopic (exact) mass is 173 g/mol. The Morgan fingerprint density at radius 1 is 1.22 bits per heavy atom. The number of hydrogen-bond donors (Lipinski definition) is 1. The van der Waals surface area contributed by atoms with Crippen molar-refractivity contribution in [3.05, 3.63) is 0 Å². The molecule has 0 rings (SSSR count). The third kappa shape index (κ3) is 6.32. The van der Waals surface area contributed by atoms with Gasteiger partial charge in [0.15, 0.2) is 0 Å². The van der Waals surface area contributed by atoms with Crippen LogP contribution in [0.4, 0.5) is 0 Å². The first-order chi connectivity index (χ1) is 3.85. The Kier molecular flexibility index (Phi) is 11.4. The summed E-state index contributed by atoms with van der Waals surface area (Å²) < 4.78 is 0. The van der Waals surface area contributed by atoms with Crippen LogP contribution in [0.5, 0.6) is 0 Å². The fourth-order valence-electron chi connectivity index (χ4n) is 0.681. The summed E-state index contributed by atoms with van der Waals surface area (Å²) in [5, 5.41) is 8.46. The summed E-state index contributed by atoms with van der Waals surface area (Å²) in [5.41, 5.74) is 0. The molecule has 0 bridgehead atoms. The molecule has 0 radical (unpaired) electrons. The van der Waals surface area contributed by atoms with Crippen molar-refractivity contribution in [1.29, 1.82) is 0 Å². The molecule has 0 heterocycles. The Bertz CT molecular complexity index is 48.3. The van der Waals surface area contributed by atoms with E-state index in [0.717, 1.165) is 19.6 Å². The first-order valence-electron chi connectivity index (χ1n) is 3.18. The van der Waals surface area contributed by atoms with Crippen LogP contribution in [0.15, 0.2) is 0 Å². The first kappa shape index (κ1) is 12.1. The van der Waals surface area contributed by atoms with Crippen LogP contribution >= 0.6 is 0 Å². The average Bonchev–Trinajstić information content (AvgIpc) is 1.83. The number of likely N-dealkylation sites (N-methyl/N-ethyl adjacent to an activating group) is 1. The molecular formula is C6H15FeNO. The molecule has 58 valence electrons. The maximum Gasteiger partial charge on any atom is 0.0558 e. The van der Waals surface area contributed by atoms with E-state index in [1.54, 1.807) is 0 Å². The van der Waals surface area contributed by atoms with Crippen molar-refractivity contribution in [1.82, 2.24) is 4.90 Å². The summed E-state index contributed by atoms with van der Waals surface area (Å²) in [6, 6.07) is 0. The molecular weight excluding hydrogens is 158 g/mol. The standard InChI is InChI=1S/C6H15NO.Fe/c1-3-7(4-2)5-6-8;/h8H,3-6H2,1-2H3;. The third-order valence-corrected chi connectivity index (χ3v) is 1.31. The molecule has 0 saturated carbocycles. The van der Waals surface area contributed by atoms with Crippen LogP contribution < -0.4 is 0 Å². The maximum atomic E-state index is 8.46. The molecule has 0 amide bonds. The minimum atomic E-state index is 0. The van der Waals surface area contributed by atoms with Gasteiger partial charge < -0.3 is 10.0 Å². The zero-order chi connectivity index (χ0) is 6.41. The van der Waals surface area contributed by atoms with Crippen LogP contribution in [0.2, 0.25) is 0 Å². The summed E-state index contributed by atoms with van der Waals surface area (Å²) >= 11 is 0. The average molecular weight is 173 g/mol. The van der Waals surface area contributed by atoms with Gasteiger partial charge in [0.05, 0.1) is 6.61 Å². The van der Waals surface area contributed by atoms with Gasteiger partial charge in [-0.25, -0.2) is 0 Å². The van der Waals surface area contributed by atoms with Gasteiger partial charge in [0.25, 0.3) is 0 Å². The van der Waals surface area contributed by atoms with Crippen molar-refractivity contribution in [2.24, 2.45) is 0 Å². The summed E-state index contributed by atoms with van der Waals surface area (Å²) in [6.45, 7) is 7.36. The van der Waals surface area contributed by atoms with Gasteiger partial charge in [-0.15, -0.1) is 0 Å². The van der Waals surface area contributed by atoms with E-state index in [-0.39, 0.29) is 23.7 Å². The Morgan fingerprint density at radius 3 is 1.78 bits per heavy atom. The normalized spacial score (nSPS) is 9.33. The molecule has 0 aromatic carbocycles. The number of aliphatic hydroxyl groups excluding tert-OH is 1. The van der Waals surface area contributed by atoms with Crippen LogP contribution in [0, 0.1) is 0 Å². The van der Waals surface area contributed by atoms with Gasteiger partial charge in [0, 0.05) is 23.6 Å². The molecule has 0 aromatic rings. The summed E-state index contributed by atoms with van der Waals surface area (Å²) in [6.07, 6.45) is 0. The molecule has 0 atom stereocenters. The van der Waals surface area contributed by atoms with Gasteiger partial charge in [-0.3, -0.25) is 0 Å². The van der Waals surface area contributed by atoms with Gasteiger partial charge in [0.1, 0.15) is 0 Å². The number of hydrogen-bond acceptors (Lipinski definition) is 2. The van der Waals surface area contributed by atoms with E-state index >= 15 is 0 Å². The van der Waals surface area contributed by atoms with Gasteiger partial charge >= 0.3 is 0 Å². The predicted octanol–water partition coefficient (Wildman–Crippen LogP) is 0.318. The largest absolute Gasteiger partial charge is 0.395 e. The second kappa shape index (κ2) is 8.44. The molecule has 1 N–H and O–H groups in total. The first-order valence-corrected chi connectivity index (χ1v) is 3.18. The molecule has 0 aliphatic carbocycles. The van der Waals surface area contributed by atoms with Crippen molar-refractivity contribution >= 4 is 0 Å².